The van der Waals surface area contributed by atoms with Gasteiger partial charge < -0.3 is 9.88 Å². The monoisotopic (exact) mass is 281 g/mol. The average Bonchev–Trinajstić information content (AvgIpc) is 3.00. The molecular formula is C18H23N3. The zero-order valence-corrected chi connectivity index (χ0v) is 12.8. The first kappa shape index (κ1) is 14.1. The highest BCUT2D eigenvalue weighted by Gasteiger charge is 2.21. The van der Waals surface area contributed by atoms with Gasteiger partial charge in [-0.05, 0) is 38.8 Å². The number of nitrogens with zero attached hydrogens (tertiary/aromatic N) is 2. The van der Waals surface area contributed by atoms with Crippen molar-refractivity contribution in [1.82, 2.24) is 14.9 Å². The van der Waals surface area contributed by atoms with Gasteiger partial charge in [-0.25, -0.2) is 4.98 Å². The Kier molecular flexibility index (Phi) is 4.20. The molecule has 1 aliphatic heterocycles. The first-order valence-corrected chi connectivity index (χ1v) is 7.77. The molecule has 3 rings (SSSR count). The highest BCUT2D eigenvalue weighted by molar-refractivity contribution is 5.76. The summed E-state index contributed by atoms with van der Waals surface area (Å²) >= 11 is 0. The summed E-state index contributed by atoms with van der Waals surface area (Å²) in [5.74, 6) is 0. The van der Waals surface area contributed by atoms with Gasteiger partial charge >= 0.3 is 0 Å². The van der Waals surface area contributed by atoms with Gasteiger partial charge in [0.1, 0.15) is 0 Å². The van der Waals surface area contributed by atoms with Crippen LogP contribution in [0.1, 0.15) is 38.4 Å². The molecule has 1 aliphatic rings. The van der Waals surface area contributed by atoms with Crippen LogP contribution in [-0.2, 0) is 0 Å². The number of hydrogen-bond donors (Lipinski definition) is 1. The van der Waals surface area contributed by atoms with Crippen LogP contribution in [0.3, 0.4) is 0 Å². The average molecular weight is 281 g/mol. The molecule has 0 radical (unpaired) electrons. The molecule has 3 heteroatoms. The molecular weight excluding hydrogens is 258 g/mol. The fourth-order valence-electron chi connectivity index (χ4n) is 3.04. The van der Waals surface area contributed by atoms with E-state index in [0.29, 0.717) is 6.04 Å². The van der Waals surface area contributed by atoms with Gasteiger partial charge in [0.05, 0.1) is 17.7 Å². The van der Waals surface area contributed by atoms with Crippen molar-refractivity contribution in [2.24, 2.45) is 0 Å². The lowest BCUT2D eigenvalue weighted by atomic mass is 10.0. The number of piperidine rings is 1. The van der Waals surface area contributed by atoms with E-state index in [0.717, 1.165) is 18.8 Å². The number of imidazole rings is 1. The Morgan fingerprint density at radius 1 is 1.33 bits per heavy atom. The van der Waals surface area contributed by atoms with Crippen molar-refractivity contribution < 1.29 is 0 Å². The molecule has 21 heavy (non-hydrogen) atoms. The molecule has 2 heterocycles. The summed E-state index contributed by atoms with van der Waals surface area (Å²) in [5, 5.41) is 3.50. The third-order valence-corrected chi connectivity index (χ3v) is 4.31. The van der Waals surface area contributed by atoms with Crippen LogP contribution in [0.15, 0.2) is 42.7 Å². The number of nitrogens with one attached hydrogen (secondary N) is 1. The predicted octanol–water partition coefficient (Wildman–Crippen LogP) is 3.90. The molecule has 1 aromatic heterocycles. The zero-order valence-electron chi connectivity index (χ0n) is 12.8. The summed E-state index contributed by atoms with van der Waals surface area (Å²) in [6, 6.07) is 11.0. The molecule has 1 fully saturated rings. The molecule has 0 aliphatic carbocycles. The summed E-state index contributed by atoms with van der Waals surface area (Å²) in [6.07, 6.45) is 6.65. The first-order valence-electron chi connectivity index (χ1n) is 7.77. The zero-order chi connectivity index (χ0) is 14.7. The Bertz CT molecular complexity index is 619. The van der Waals surface area contributed by atoms with E-state index in [2.05, 4.69) is 54.1 Å². The molecule has 3 nitrogen and oxygen atoms in total. The number of aromatic nitrogens is 2. The SMILES string of the molecule is CC=C(C)c1c(-c2ccccc2)ncn1C1CCCNC1. The molecule has 1 aromatic carbocycles. The van der Waals surface area contributed by atoms with Crippen LogP contribution < -0.4 is 5.32 Å². The van der Waals surface area contributed by atoms with Crippen LogP contribution >= 0.6 is 0 Å². The molecule has 0 saturated carbocycles. The molecule has 0 amide bonds. The molecule has 2 aromatic rings. The van der Waals surface area contributed by atoms with Gasteiger partial charge in [-0.15, -0.1) is 0 Å². The lowest BCUT2D eigenvalue weighted by Crippen LogP contribution is -2.32. The largest absolute Gasteiger partial charge is 0.326 e. The second-order valence-corrected chi connectivity index (χ2v) is 5.69. The summed E-state index contributed by atoms with van der Waals surface area (Å²) in [4.78, 5) is 4.72. The normalized spacial score (nSPS) is 19.7. The second-order valence-electron chi connectivity index (χ2n) is 5.69. The summed E-state index contributed by atoms with van der Waals surface area (Å²) in [7, 11) is 0. The molecule has 0 spiro atoms. The van der Waals surface area contributed by atoms with Gasteiger partial charge in [0.2, 0.25) is 0 Å². The predicted molar refractivity (Wildman–Crippen MR) is 88.1 cm³/mol. The number of rotatable bonds is 3. The highest BCUT2D eigenvalue weighted by atomic mass is 15.1. The fourth-order valence-corrected chi connectivity index (χ4v) is 3.04. The van der Waals surface area contributed by atoms with Crippen molar-refractivity contribution in [3.8, 4) is 11.3 Å². The van der Waals surface area contributed by atoms with Crippen LogP contribution in [0.4, 0.5) is 0 Å². The van der Waals surface area contributed by atoms with Crippen molar-refractivity contribution in [3.05, 3.63) is 48.4 Å². The number of allylic oxidation sites excluding steroid dienone is 2. The molecule has 0 bridgehead atoms. The van der Waals surface area contributed by atoms with Gasteiger partial charge in [0.25, 0.3) is 0 Å². The van der Waals surface area contributed by atoms with Crippen molar-refractivity contribution >= 4 is 5.57 Å². The van der Waals surface area contributed by atoms with Gasteiger partial charge in [-0.2, -0.15) is 0 Å². The molecule has 110 valence electrons. The minimum atomic E-state index is 0.508. The molecule has 1 unspecified atom stereocenters. The maximum absolute atomic E-state index is 4.72. The maximum atomic E-state index is 4.72. The third-order valence-electron chi connectivity index (χ3n) is 4.31. The van der Waals surface area contributed by atoms with E-state index in [9.17, 15) is 0 Å². The van der Waals surface area contributed by atoms with Crippen LogP contribution in [-0.4, -0.2) is 22.6 Å². The van der Waals surface area contributed by atoms with Gasteiger partial charge in [0, 0.05) is 18.2 Å². The van der Waals surface area contributed by atoms with Crippen LogP contribution in [0, 0.1) is 0 Å². The van der Waals surface area contributed by atoms with Gasteiger partial charge in [-0.3, -0.25) is 0 Å². The van der Waals surface area contributed by atoms with Gasteiger partial charge in [-0.1, -0.05) is 36.4 Å². The minimum Gasteiger partial charge on any atom is -0.326 e. The van der Waals surface area contributed by atoms with E-state index >= 15 is 0 Å². The fraction of sp³-hybridized carbons (Fsp3) is 0.389. The second kappa shape index (κ2) is 6.27. The minimum absolute atomic E-state index is 0.508. The molecule has 1 saturated heterocycles. The van der Waals surface area contributed by atoms with E-state index < -0.39 is 0 Å². The Morgan fingerprint density at radius 3 is 2.81 bits per heavy atom. The summed E-state index contributed by atoms with van der Waals surface area (Å²) in [5.41, 5.74) is 4.84. The number of hydrogen-bond acceptors (Lipinski definition) is 2. The van der Waals surface area contributed by atoms with Crippen molar-refractivity contribution in [3.63, 3.8) is 0 Å². The van der Waals surface area contributed by atoms with Crippen LogP contribution in [0.25, 0.3) is 16.8 Å². The topological polar surface area (TPSA) is 29.9 Å². The van der Waals surface area contributed by atoms with E-state index in [1.807, 2.05) is 12.4 Å². The Balaban J connectivity index is 2.07. The number of benzene rings is 1. The maximum Gasteiger partial charge on any atom is 0.0961 e. The Hall–Kier alpha value is -1.87. The highest BCUT2D eigenvalue weighted by Crippen LogP contribution is 2.31. The third kappa shape index (κ3) is 2.79. The molecule has 1 N–H and O–H groups in total. The smallest absolute Gasteiger partial charge is 0.0961 e. The van der Waals surface area contributed by atoms with E-state index in [1.165, 1.54) is 29.7 Å². The standard InChI is InChI=1S/C18H23N3/c1-3-14(2)18-17(15-8-5-4-6-9-15)20-13-21(18)16-10-7-11-19-12-16/h3-6,8-9,13,16,19H,7,10-12H2,1-2H3. The van der Waals surface area contributed by atoms with Crippen molar-refractivity contribution in [2.75, 3.05) is 13.1 Å². The van der Waals surface area contributed by atoms with Crippen molar-refractivity contribution in [1.29, 1.82) is 0 Å². The van der Waals surface area contributed by atoms with Gasteiger partial charge in [0.15, 0.2) is 0 Å². The Morgan fingerprint density at radius 2 is 2.14 bits per heavy atom. The first-order chi connectivity index (χ1) is 10.3. The van der Waals surface area contributed by atoms with Crippen molar-refractivity contribution in [2.45, 2.75) is 32.7 Å². The Labute approximate surface area is 126 Å². The van der Waals surface area contributed by atoms with Crippen LogP contribution in [0.5, 0.6) is 0 Å². The van der Waals surface area contributed by atoms with E-state index in [4.69, 9.17) is 4.98 Å². The summed E-state index contributed by atoms with van der Waals surface area (Å²) < 4.78 is 2.36. The van der Waals surface area contributed by atoms with E-state index in [-0.39, 0.29) is 0 Å². The lowest BCUT2D eigenvalue weighted by molar-refractivity contribution is 0.369. The quantitative estimate of drug-likeness (QED) is 0.924. The lowest BCUT2D eigenvalue weighted by Gasteiger charge is -2.26. The van der Waals surface area contributed by atoms with E-state index in [1.54, 1.807) is 0 Å². The molecule has 1 atom stereocenters. The summed E-state index contributed by atoms with van der Waals surface area (Å²) in [6.45, 7) is 6.44. The van der Waals surface area contributed by atoms with Crippen LogP contribution in [0.2, 0.25) is 0 Å².